The average molecular weight is 530 g/mol. The molecule has 2 fully saturated rings. The number of guanidine groups is 1. The Morgan fingerprint density at radius 3 is 2.33 bits per heavy atom. The zero-order valence-corrected chi connectivity index (χ0v) is 21.2. The fourth-order valence-electron chi connectivity index (χ4n) is 4.45. The SMILES string of the molecule is CN=C(NCCN1CCCCC1)NCc1ccccc1CN1CC(C)OC(C)C1.I. The van der Waals surface area contributed by atoms with Gasteiger partial charge >= 0.3 is 0 Å². The van der Waals surface area contributed by atoms with E-state index >= 15 is 0 Å². The molecule has 30 heavy (non-hydrogen) atoms. The molecule has 0 amide bonds. The lowest BCUT2D eigenvalue weighted by molar-refractivity contribution is -0.0705. The summed E-state index contributed by atoms with van der Waals surface area (Å²) < 4.78 is 5.88. The van der Waals surface area contributed by atoms with Crippen LogP contribution in [0.4, 0.5) is 0 Å². The van der Waals surface area contributed by atoms with E-state index in [1.54, 1.807) is 0 Å². The van der Waals surface area contributed by atoms with Gasteiger partial charge < -0.3 is 20.3 Å². The molecule has 2 N–H and O–H groups in total. The summed E-state index contributed by atoms with van der Waals surface area (Å²) in [6.45, 7) is 12.6. The third kappa shape index (κ3) is 8.32. The number of hydrogen-bond acceptors (Lipinski definition) is 4. The van der Waals surface area contributed by atoms with Gasteiger partial charge in [0.1, 0.15) is 0 Å². The molecular weight excluding hydrogens is 489 g/mol. The van der Waals surface area contributed by atoms with Crippen LogP contribution < -0.4 is 10.6 Å². The molecule has 2 aliphatic rings. The molecule has 0 saturated carbocycles. The zero-order chi connectivity index (χ0) is 20.5. The number of morpholine rings is 1. The molecule has 2 unspecified atom stereocenters. The summed E-state index contributed by atoms with van der Waals surface area (Å²) in [6.07, 6.45) is 4.66. The molecule has 170 valence electrons. The quantitative estimate of drug-likeness (QED) is 0.323. The van der Waals surface area contributed by atoms with Crippen LogP contribution in [0, 0.1) is 0 Å². The smallest absolute Gasteiger partial charge is 0.191 e. The number of benzene rings is 1. The van der Waals surface area contributed by atoms with E-state index in [0.717, 1.165) is 45.2 Å². The second kappa shape index (κ2) is 13.5. The van der Waals surface area contributed by atoms with Crippen molar-refractivity contribution in [1.29, 1.82) is 0 Å². The van der Waals surface area contributed by atoms with Gasteiger partial charge in [0.05, 0.1) is 12.2 Å². The van der Waals surface area contributed by atoms with Gasteiger partial charge in [-0.1, -0.05) is 30.7 Å². The number of hydrogen-bond donors (Lipinski definition) is 2. The Kier molecular flexibility index (Phi) is 11.4. The predicted octanol–water partition coefficient (Wildman–Crippen LogP) is 3.06. The molecule has 0 radical (unpaired) electrons. The van der Waals surface area contributed by atoms with Gasteiger partial charge in [0, 0.05) is 46.3 Å². The van der Waals surface area contributed by atoms with Gasteiger partial charge in [-0.3, -0.25) is 9.89 Å². The van der Waals surface area contributed by atoms with E-state index in [4.69, 9.17) is 4.74 Å². The molecule has 2 atom stereocenters. The van der Waals surface area contributed by atoms with Crippen LogP contribution in [0.15, 0.2) is 29.3 Å². The molecule has 0 aliphatic carbocycles. The molecule has 3 rings (SSSR count). The normalized spacial score (nSPS) is 23.6. The second-order valence-electron chi connectivity index (χ2n) is 8.47. The molecule has 2 saturated heterocycles. The molecule has 1 aromatic carbocycles. The fraction of sp³-hybridized carbons (Fsp3) is 0.696. The minimum absolute atomic E-state index is 0. The largest absolute Gasteiger partial charge is 0.373 e. The molecule has 0 bridgehead atoms. The Labute approximate surface area is 199 Å². The maximum Gasteiger partial charge on any atom is 0.191 e. The van der Waals surface area contributed by atoms with Crippen LogP contribution in [0.3, 0.4) is 0 Å². The summed E-state index contributed by atoms with van der Waals surface area (Å²) in [4.78, 5) is 9.45. The van der Waals surface area contributed by atoms with Crippen LogP contribution in [0.25, 0.3) is 0 Å². The van der Waals surface area contributed by atoms with Crippen molar-refractivity contribution in [3.63, 3.8) is 0 Å². The van der Waals surface area contributed by atoms with Gasteiger partial charge in [-0.05, 0) is 50.9 Å². The maximum atomic E-state index is 5.88. The summed E-state index contributed by atoms with van der Waals surface area (Å²) in [7, 11) is 1.85. The van der Waals surface area contributed by atoms with Gasteiger partial charge in [0.25, 0.3) is 0 Å². The number of ether oxygens (including phenoxy) is 1. The lowest BCUT2D eigenvalue weighted by Crippen LogP contribution is -2.45. The lowest BCUT2D eigenvalue weighted by Gasteiger charge is -2.35. The van der Waals surface area contributed by atoms with Crippen LogP contribution in [-0.2, 0) is 17.8 Å². The first-order valence-electron chi connectivity index (χ1n) is 11.3. The number of nitrogens with zero attached hydrogens (tertiary/aromatic N) is 3. The average Bonchev–Trinajstić information content (AvgIpc) is 2.71. The summed E-state index contributed by atoms with van der Waals surface area (Å²) in [5, 5.41) is 6.97. The molecule has 6 nitrogen and oxygen atoms in total. The number of piperidine rings is 1. The van der Waals surface area contributed by atoms with Crippen molar-refractivity contribution in [2.45, 2.75) is 58.4 Å². The third-order valence-electron chi connectivity index (χ3n) is 5.85. The summed E-state index contributed by atoms with van der Waals surface area (Å²) >= 11 is 0. The van der Waals surface area contributed by atoms with Crippen LogP contribution >= 0.6 is 24.0 Å². The number of likely N-dealkylation sites (tertiary alicyclic amines) is 1. The maximum absolute atomic E-state index is 5.88. The Morgan fingerprint density at radius 2 is 1.67 bits per heavy atom. The number of aliphatic imine (C=N–C) groups is 1. The van der Waals surface area contributed by atoms with Crippen molar-refractivity contribution < 1.29 is 4.74 Å². The van der Waals surface area contributed by atoms with Crippen molar-refractivity contribution in [3.8, 4) is 0 Å². The van der Waals surface area contributed by atoms with Crippen molar-refractivity contribution in [2.75, 3.05) is 46.3 Å². The molecule has 2 aliphatic heterocycles. The Morgan fingerprint density at radius 1 is 1.00 bits per heavy atom. The van der Waals surface area contributed by atoms with Gasteiger partial charge in [-0.25, -0.2) is 0 Å². The molecule has 2 heterocycles. The van der Waals surface area contributed by atoms with Crippen molar-refractivity contribution in [1.82, 2.24) is 20.4 Å². The Balaban J connectivity index is 0.00000320. The lowest BCUT2D eigenvalue weighted by atomic mass is 10.1. The first-order valence-corrected chi connectivity index (χ1v) is 11.3. The van der Waals surface area contributed by atoms with E-state index in [1.807, 2.05) is 7.05 Å². The molecule has 0 spiro atoms. The number of rotatable bonds is 7. The van der Waals surface area contributed by atoms with Gasteiger partial charge in [-0.2, -0.15) is 0 Å². The molecule has 1 aromatic rings. The zero-order valence-electron chi connectivity index (χ0n) is 18.9. The highest BCUT2D eigenvalue weighted by atomic mass is 127. The van der Waals surface area contributed by atoms with E-state index < -0.39 is 0 Å². The van der Waals surface area contributed by atoms with Crippen molar-refractivity contribution in [3.05, 3.63) is 35.4 Å². The number of halogens is 1. The van der Waals surface area contributed by atoms with E-state index in [1.165, 1.54) is 43.5 Å². The van der Waals surface area contributed by atoms with Crippen LogP contribution in [0.5, 0.6) is 0 Å². The van der Waals surface area contributed by atoms with Gasteiger partial charge in [0.15, 0.2) is 5.96 Å². The number of nitrogens with one attached hydrogen (secondary N) is 2. The van der Waals surface area contributed by atoms with E-state index in [0.29, 0.717) is 12.2 Å². The Hall–Kier alpha value is -0.900. The minimum atomic E-state index is 0. The highest BCUT2D eigenvalue weighted by molar-refractivity contribution is 14.0. The van der Waals surface area contributed by atoms with Crippen molar-refractivity contribution >= 4 is 29.9 Å². The molecule has 7 heteroatoms. The first-order chi connectivity index (χ1) is 14.1. The highest BCUT2D eigenvalue weighted by Gasteiger charge is 2.22. The van der Waals surface area contributed by atoms with Crippen molar-refractivity contribution in [2.24, 2.45) is 4.99 Å². The monoisotopic (exact) mass is 529 g/mol. The Bertz CT molecular complexity index is 640. The summed E-state index contributed by atoms with van der Waals surface area (Å²) in [6, 6.07) is 8.72. The van der Waals surface area contributed by atoms with E-state index in [2.05, 4.69) is 63.5 Å². The highest BCUT2D eigenvalue weighted by Crippen LogP contribution is 2.17. The topological polar surface area (TPSA) is 52.1 Å². The van der Waals surface area contributed by atoms with Crippen LogP contribution in [0.1, 0.15) is 44.2 Å². The third-order valence-corrected chi connectivity index (χ3v) is 5.85. The van der Waals surface area contributed by atoms with Gasteiger partial charge in [0.2, 0.25) is 0 Å². The standard InChI is InChI=1S/C23H39N5O.HI/c1-19-16-28(17-20(2)29-19)18-22-10-6-5-9-21(22)15-26-23(24-3)25-11-14-27-12-7-4-8-13-27;/h5-6,9-10,19-20H,4,7-8,11-18H2,1-3H3,(H2,24,25,26);1H. The minimum Gasteiger partial charge on any atom is -0.373 e. The first kappa shape index (κ1) is 25.4. The summed E-state index contributed by atoms with van der Waals surface area (Å²) in [5.74, 6) is 0.880. The van der Waals surface area contributed by atoms with E-state index in [9.17, 15) is 0 Å². The molecule has 0 aromatic heterocycles. The van der Waals surface area contributed by atoms with Crippen LogP contribution in [0.2, 0.25) is 0 Å². The van der Waals surface area contributed by atoms with Crippen LogP contribution in [-0.4, -0.2) is 74.3 Å². The summed E-state index contributed by atoms with van der Waals surface area (Å²) in [5.41, 5.74) is 2.71. The van der Waals surface area contributed by atoms with E-state index in [-0.39, 0.29) is 24.0 Å². The van der Waals surface area contributed by atoms with Gasteiger partial charge in [-0.15, -0.1) is 24.0 Å². The second-order valence-corrected chi connectivity index (χ2v) is 8.47. The molecular formula is C23H40IN5O. The fourth-order valence-corrected chi connectivity index (χ4v) is 4.45. The predicted molar refractivity (Wildman–Crippen MR) is 136 cm³/mol.